The molecule has 1 atom stereocenters. The molecule has 0 saturated heterocycles. The normalized spacial score (nSPS) is 12.1. The van der Waals surface area contributed by atoms with Crippen molar-refractivity contribution in [3.05, 3.63) is 66.4 Å². The molecule has 3 aromatic rings. The second kappa shape index (κ2) is 8.74. The molecule has 5 nitrogen and oxygen atoms in total. The lowest BCUT2D eigenvalue weighted by molar-refractivity contribution is -0.116. The Morgan fingerprint density at radius 2 is 1.75 bits per heavy atom. The first kappa shape index (κ1) is 19.7. The summed E-state index contributed by atoms with van der Waals surface area (Å²) in [7, 11) is 0. The number of hydrogen-bond donors (Lipinski definition) is 2. The Bertz CT molecular complexity index is 960. The maximum Gasteiger partial charge on any atom is 0.251 e. The molecule has 0 aliphatic heterocycles. The summed E-state index contributed by atoms with van der Waals surface area (Å²) in [5, 5.41) is 6.89. The summed E-state index contributed by atoms with van der Waals surface area (Å²) in [4.78, 5) is 24.5. The van der Waals surface area contributed by atoms with E-state index in [9.17, 15) is 9.59 Å². The van der Waals surface area contributed by atoms with Gasteiger partial charge in [-0.05, 0) is 49.2 Å². The summed E-state index contributed by atoms with van der Waals surface area (Å²) in [5.41, 5.74) is 2.52. The molecule has 0 aliphatic carbocycles. The zero-order valence-electron chi connectivity index (χ0n) is 16.6. The minimum atomic E-state index is -0.261. The zero-order valence-corrected chi connectivity index (χ0v) is 16.6. The van der Waals surface area contributed by atoms with Gasteiger partial charge in [0.05, 0.1) is 0 Å². The van der Waals surface area contributed by atoms with Crippen LogP contribution >= 0.6 is 0 Å². The molecule has 3 rings (SSSR count). The summed E-state index contributed by atoms with van der Waals surface area (Å²) in [5.74, 6) is 0.276. The number of carbonyl (C=O) groups excluding carboxylic acids is 2. The number of benzene rings is 2. The Morgan fingerprint density at radius 3 is 2.46 bits per heavy atom. The molecule has 0 bridgehead atoms. The fourth-order valence-corrected chi connectivity index (χ4v) is 3.27. The van der Waals surface area contributed by atoms with Crippen molar-refractivity contribution < 1.29 is 9.59 Å². The van der Waals surface area contributed by atoms with Crippen molar-refractivity contribution in [2.75, 3.05) is 5.32 Å². The number of aromatic nitrogens is 1. The lowest BCUT2D eigenvalue weighted by Crippen LogP contribution is -2.35. The average molecular weight is 377 g/mol. The van der Waals surface area contributed by atoms with Crippen LogP contribution in [0.4, 0.5) is 5.69 Å². The Hall–Kier alpha value is -3.08. The SMILES string of the molecule is CC(C)Cn1ccc2cc(NC(=O)CC(C)NC(=O)c3ccccc3)ccc21. The molecule has 1 unspecified atom stereocenters. The van der Waals surface area contributed by atoms with Gasteiger partial charge in [-0.3, -0.25) is 9.59 Å². The first-order valence-electron chi connectivity index (χ1n) is 9.67. The molecule has 5 heteroatoms. The minimum Gasteiger partial charge on any atom is -0.349 e. The molecule has 1 aromatic heterocycles. The molecule has 2 N–H and O–H groups in total. The fourth-order valence-electron chi connectivity index (χ4n) is 3.27. The van der Waals surface area contributed by atoms with Crippen molar-refractivity contribution in [3.63, 3.8) is 0 Å². The lowest BCUT2D eigenvalue weighted by atomic mass is 10.1. The summed E-state index contributed by atoms with van der Waals surface area (Å²) >= 11 is 0. The smallest absolute Gasteiger partial charge is 0.251 e. The van der Waals surface area contributed by atoms with E-state index >= 15 is 0 Å². The van der Waals surface area contributed by atoms with Gasteiger partial charge < -0.3 is 15.2 Å². The van der Waals surface area contributed by atoms with Crippen LogP contribution in [0.5, 0.6) is 0 Å². The summed E-state index contributed by atoms with van der Waals surface area (Å²) < 4.78 is 2.23. The molecule has 0 radical (unpaired) electrons. The first-order valence-corrected chi connectivity index (χ1v) is 9.67. The van der Waals surface area contributed by atoms with E-state index in [0.29, 0.717) is 11.5 Å². The molecular weight excluding hydrogens is 350 g/mol. The van der Waals surface area contributed by atoms with Crippen LogP contribution in [0, 0.1) is 5.92 Å². The first-order chi connectivity index (χ1) is 13.4. The van der Waals surface area contributed by atoms with Crippen molar-refractivity contribution in [2.24, 2.45) is 5.92 Å². The Morgan fingerprint density at radius 1 is 1.00 bits per heavy atom. The average Bonchev–Trinajstić information content (AvgIpc) is 3.03. The highest BCUT2D eigenvalue weighted by molar-refractivity contribution is 5.96. The van der Waals surface area contributed by atoms with Gasteiger partial charge in [-0.25, -0.2) is 0 Å². The second-order valence-electron chi connectivity index (χ2n) is 7.63. The largest absolute Gasteiger partial charge is 0.349 e. The monoisotopic (exact) mass is 377 g/mol. The molecule has 146 valence electrons. The van der Waals surface area contributed by atoms with Crippen LogP contribution in [-0.2, 0) is 11.3 Å². The maximum absolute atomic E-state index is 12.4. The highest BCUT2D eigenvalue weighted by Gasteiger charge is 2.14. The Labute approximate surface area is 165 Å². The molecule has 0 saturated carbocycles. The van der Waals surface area contributed by atoms with E-state index in [1.807, 2.05) is 43.3 Å². The number of amides is 2. The minimum absolute atomic E-state index is 0.123. The second-order valence-corrected chi connectivity index (χ2v) is 7.63. The molecule has 1 heterocycles. The van der Waals surface area contributed by atoms with Crippen LogP contribution in [0.15, 0.2) is 60.8 Å². The number of hydrogen-bond acceptors (Lipinski definition) is 2. The number of anilines is 1. The fraction of sp³-hybridized carbons (Fsp3) is 0.304. The van der Waals surface area contributed by atoms with E-state index in [0.717, 1.165) is 23.1 Å². The van der Waals surface area contributed by atoms with Crippen molar-refractivity contribution in [1.82, 2.24) is 9.88 Å². The van der Waals surface area contributed by atoms with Crippen LogP contribution in [0.1, 0.15) is 37.6 Å². The molecule has 0 aliphatic rings. The number of rotatable bonds is 7. The topological polar surface area (TPSA) is 63.1 Å². The van der Waals surface area contributed by atoms with E-state index in [4.69, 9.17) is 0 Å². The van der Waals surface area contributed by atoms with Gasteiger partial charge >= 0.3 is 0 Å². The highest BCUT2D eigenvalue weighted by atomic mass is 16.2. The van der Waals surface area contributed by atoms with Crippen LogP contribution in [0.25, 0.3) is 10.9 Å². The van der Waals surface area contributed by atoms with E-state index < -0.39 is 0 Å². The summed E-state index contributed by atoms with van der Waals surface area (Å²) in [6, 6.07) is 16.7. The van der Waals surface area contributed by atoms with Gasteiger partial charge in [-0.1, -0.05) is 32.0 Å². The van der Waals surface area contributed by atoms with Crippen LogP contribution in [-0.4, -0.2) is 22.4 Å². The van der Waals surface area contributed by atoms with Gasteiger partial charge in [0, 0.05) is 47.4 Å². The summed E-state index contributed by atoms with van der Waals surface area (Å²) in [6.07, 6.45) is 2.29. The number of nitrogens with zero attached hydrogens (tertiary/aromatic N) is 1. The third-order valence-corrected chi connectivity index (χ3v) is 4.52. The van der Waals surface area contributed by atoms with Crippen LogP contribution in [0.3, 0.4) is 0 Å². The van der Waals surface area contributed by atoms with Crippen LogP contribution < -0.4 is 10.6 Å². The zero-order chi connectivity index (χ0) is 20.1. The highest BCUT2D eigenvalue weighted by Crippen LogP contribution is 2.21. The van der Waals surface area contributed by atoms with Crippen LogP contribution in [0.2, 0.25) is 0 Å². The number of nitrogens with one attached hydrogen (secondary N) is 2. The maximum atomic E-state index is 12.4. The van der Waals surface area contributed by atoms with Gasteiger partial charge in [-0.15, -0.1) is 0 Å². The predicted octanol–water partition coefficient (Wildman–Crippen LogP) is 4.44. The van der Waals surface area contributed by atoms with E-state index in [1.54, 1.807) is 12.1 Å². The van der Waals surface area contributed by atoms with Crippen molar-refractivity contribution in [3.8, 4) is 0 Å². The van der Waals surface area contributed by atoms with Gasteiger partial charge in [-0.2, -0.15) is 0 Å². The number of fused-ring (bicyclic) bond motifs is 1. The number of carbonyl (C=O) groups is 2. The van der Waals surface area contributed by atoms with Gasteiger partial charge in [0.1, 0.15) is 0 Å². The summed E-state index contributed by atoms with van der Waals surface area (Å²) in [6.45, 7) is 7.18. The molecule has 0 fully saturated rings. The molecular formula is C23H27N3O2. The molecule has 28 heavy (non-hydrogen) atoms. The lowest BCUT2D eigenvalue weighted by Gasteiger charge is -2.14. The molecule has 2 aromatic carbocycles. The quantitative estimate of drug-likeness (QED) is 0.639. The van der Waals surface area contributed by atoms with Crippen molar-refractivity contribution in [1.29, 1.82) is 0 Å². The standard InChI is InChI=1S/C23H27N3O2/c1-16(2)15-26-12-11-19-14-20(9-10-21(19)26)25-22(27)13-17(3)24-23(28)18-7-5-4-6-8-18/h4-12,14,16-17H,13,15H2,1-3H3,(H,24,28)(H,25,27). The van der Waals surface area contributed by atoms with Crippen molar-refractivity contribution in [2.45, 2.75) is 39.8 Å². The third-order valence-electron chi connectivity index (χ3n) is 4.52. The molecule has 2 amide bonds. The third kappa shape index (κ3) is 5.00. The van der Waals surface area contributed by atoms with Gasteiger partial charge in [0.25, 0.3) is 5.91 Å². The van der Waals surface area contributed by atoms with E-state index in [-0.39, 0.29) is 24.3 Å². The Kier molecular flexibility index (Phi) is 6.14. The van der Waals surface area contributed by atoms with Gasteiger partial charge in [0.2, 0.25) is 5.91 Å². The van der Waals surface area contributed by atoms with Gasteiger partial charge in [0.15, 0.2) is 0 Å². The van der Waals surface area contributed by atoms with E-state index in [1.165, 1.54) is 0 Å². The predicted molar refractivity (Wildman–Crippen MR) is 113 cm³/mol. The van der Waals surface area contributed by atoms with Crippen molar-refractivity contribution >= 4 is 28.4 Å². The molecule has 0 spiro atoms. The Balaban J connectivity index is 1.57. The van der Waals surface area contributed by atoms with E-state index in [2.05, 4.69) is 41.3 Å².